The van der Waals surface area contributed by atoms with Crippen LogP contribution in [0.3, 0.4) is 0 Å². The lowest BCUT2D eigenvalue weighted by molar-refractivity contribution is 0.669. The van der Waals surface area contributed by atoms with E-state index in [1.54, 1.807) is 0 Å². The Hall–Kier alpha value is -6.13. The van der Waals surface area contributed by atoms with Crippen LogP contribution in [-0.4, -0.2) is 15.0 Å². The summed E-state index contributed by atoms with van der Waals surface area (Å²) in [6, 6.07) is 52.2. The Balaban J connectivity index is 1.24. The molecule has 0 amide bonds. The summed E-state index contributed by atoms with van der Waals surface area (Å²) < 4.78 is 6.37. The van der Waals surface area contributed by atoms with Gasteiger partial charge in [-0.25, -0.2) is 15.0 Å². The second kappa shape index (κ2) is 10.2. The van der Waals surface area contributed by atoms with Gasteiger partial charge in [-0.1, -0.05) is 127 Å². The highest BCUT2D eigenvalue weighted by molar-refractivity contribution is 6.15. The van der Waals surface area contributed by atoms with E-state index in [4.69, 9.17) is 19.4 Å². The lowest BCUT2D eigenvalue weighted by Gasteiger charge is -2.11. The number of rotatable bonds is 4. The van der Waals surface area contributed by atoms with Crippen LogP contribution < -0.4 is 0 Å². The number of hydrogen-bond donors (Lipinski definition) is 0. The van der Waals surface area contributed by atoms with Gasteiger partial charge >= 0.3 is 0 Å². The zero-order valence-electron chi connectivity index (χ0n) is 24.2. The Morgan fingerprint density at radius 2 is 0.956 bits per heavy atom. The zero-order valence-corrected chi connectivity index (χ0v) is 24.2. The van der Waals surface area contributed by atoms with Gasteiger partial charge in [-0.05, 0) is 56.9 Å². The third-order valence-corrected chi connectivity index (χ3v) is 8.49. The van der Waals surface area contributed by atoms with Gasteiger partial charge in [0.05, 0.1) is 0 Å². The van der Waals surface area contributed by atoms with Crippen molar-refractivity contribution < 1.29 is 4.42 Å². The van der Waals surface area contributed by atoms with Crippen molar-refractivity contribution >= 4 is 43.5 Å². The van der Waals surface area contributed by atoms with E-state index in [9.17, 15) is 0 Å². The first-order valence-electron chi connectivity index (χ1n) is 15.0. The number of benzene rings is 7. The Kier molecular flexibility index (Phi) is 5.78. The molecule has 0 N–H and O–H groups in total. The molecule has 45 heavy (non-hydrogen) atoms. The minimum atomic E-state index is 0.629. The zero-order chi connectivity index (χ0) is 29.7. The fraction of sp³-hybridized carbons (Fsp3) is 0. The highest BCUT2D eigenvalue weighted by Crippen LogP contribution is 2.39. The SMILES string of the molecule is c1ccc(-c2nc(-c3cccc(-c4cccc5oc6cc7ccccc7cc6c45)c3)nc(-c3cccc4ccccc34)n2)cc1. The van der Waals surface area contributed by atoms with E-state index in [1.165, 1.54) is 10.8 Å². The molecule has 9 rings (SSSR count). The first kappa shape index (κ1) is 25.4. The third kappa shape index (κ3) is 4.35. The molecule has 0 saturated heterocycles. The third-order valence-electron chi connectivity index (χ3n) is 8.49. The van der Waals surface area contributed by atoms with Gasteiger partial charge in [0, 0.05) is 27.5 Å². The second-order valence-corrected chi connectivity index (χ2v) is 11.3. The van der Waals surface area contributed by atoms with Crippen molar-refractivity contribution in [3.05, 3.63) is 152 Å². The predicted molar refractivity (Wildman–Crippen MR) is 184 cm³/mol. The van der Waals surface area contributed by atoms with E-state index in [0.717, 1.165) is 60.5 Å². The maximum atomic E-state index is 6.37. The summed E-state index contributed by atoms with van der Waals surface area (Å²) >= 11 is 0. The summed E-state index contributed by atoms with van der Waals surface area (Å²) in [7, 11) is 0. The Morgan fingerprint density at radius 3 is 1.82 bits per heavy atom. The van der Waals surface area contributed by atoms with Gasteiger partial charge in [0.1, 0.15) is 11.2 Å². The average Bonchev–Trinajstić information content (AvgIpc) is 3.48. The fourth-order valence-electron chi connectivity index (χ4n) is 6.34. The molecule has 0 aliphatic carbocycles. The molecule has 0 bridgehead atoms. The van der Waals surface area contributed by atoms with Crippen LogP contribution in [0.4, 0.5) is 0 Å². The lowest BCUT2D eigenvalue weighted by Crippen LogP contribution is -2.00. The van der Waals surface area contributed by atoms with Crippen LogP contribution in [0.1, 0.15) is 0 Å². The highest BCUT2D eigenvalue weighted by Gasteiger charge is 2.17. The van der Waals surface area contributed by atoms with Gasteiger partial charge in [-0.15, -0.1) is 0 Å². The van der Waals surface area contributed by atoms with Crippen LogP contribution >= 0.6 is 0 Å². The number of aromatic nitrogens is 3. The van der Waals surface area contributed by atoms with Crippen molar-refractivity contribution in [2.45, 2.75) is 0 Å². The van der Waals surface area contributed by atoms with Crippen LogP contribution in [0.2, 0.25) is 0 Å². The number of hydrogen-bond acceptors (Lipinski definition) is 4. The Morgan fingerprint density at radius 1 is 0.356 bits per heavy atom. The molecule has 0 saturated carbocycles. The number of nitrogens with zero attached hydrogens (tertiary/aromatic N) is 3. The molecular formula is C41H25N3O. The van der Waals surface area contributed by atoms with Crippen molar-refractivity contribution in [1.82, 2.24) is 15.0 Å². The van der Waals surface area contributed by atoms with Crippen LogP contribution in [0.5, 0.6) is 0 Å². The van der Waals surface area contributed by atoms with E-state index in [2.05, 4.69) is 115 Å². The summed E-state index contributed by atoms with van der Waals surface area (Å²) in [5.74, 6) is 1.92. The molecule has 0 radical (unpaired) electrons. The summed E-state index contributed by atoms with van der Waals surface area (Å²) in [6.07, 6.45) is 0. The van der Waals surface area contributed by atoms with Crippen molar-refractivity contribution in [2.24, 2.45) is 0 Å². The Labute approximate surface area is 259 Å². The normalized spacial score (nSPS) is 11.6. The molecule has 210 valence electrons. The number of furan rings is 1. The first-order valence-corrected chi connectivity index (χ1v) is 15.0. The van der Waals surface area contributed by atoms with E-state index < -0.39 is 0 Å². The van der Waals surface area contributed by atoms with E-state index in [1.807, 2.05) is 36.4 Å². The van der Waals surface area contributed by atoms with Gasteiger partial charge in [-0.3, -0.25) is 0 Å². The summed E-state index contributed by atoms with van der Waals surface area (Å²) in [6.45, 7) is 0. The maximum absolute atomic E-state index is 6.37. The molecule has 2 aromatic heterocycles. The summed E-state index contributed by atoms with van der Waals surface area (Å²) in [5.41, 5.74) is 6.78. The quantitative estimate of drug-likeness (QED) is 0.209. The molecular weight excluding hydrogens is 550 g/mol. The number of fused-ring (bicyclic) bond motifs is 5. The molecule has 4 nitrogen and oxygen atoms in total. The van der Waals surface area contributed by atoms with E-state index >= 15 is 0 Å². The van der Waals surface area contributed by atoms with Gasteiger partial charge in [0.25, 0.3) is 0 Å². The van der Waals surface area contributed by atoms with Gasteiger partial charge in [0.2, 0.25) is 0 Å². The standard InChI is InChI=1S/C41H25N3O/c1-2-12-27(13-3-1)39-42-40(44-41(43-39)34-21-9-16-26-11-6-7-19-32(26)34)31-18-8-17-30(23-31)33-20-10-22-36-38(33)35-24-28-14-4-5-15-29(28)25-37(35)45-36/h1-25H. The first-order chi connectivity index (χ1) is 22.3. The van der Waals surface area contributed by atoms with E-state index in [0.29, 0.717) is 17.5 Å². The highest BCUT2D eigenvalue weighted by atomic mass is 16.3. The van der Waals surface area contributed by atoms with Crippen LogP contribution in [-0.2, 0) is 0 Å². The lowest BCUT2D eigenvalue weighted by atomic mass is 9.97. The fourth-order valence-corrected chi connectivity index (χ4v) is 6.34. The smallest absolute Gasteiger partial charge is 0.164 e. The Bertz CT molecular complexity index is 2540. The molecule has 7 aromatic carbocycles. The largest absolute Gasteiger partial charge is 0.456 e. The molecule has 2 heterocycles. The van der Waals surface area contributed by atoms with Crippen molar-refractivity contribution in [1.29, 1.82) is 0 Å². The van der Waals surface area contributed by atoms with E-state index in [-0.39, 0.29) is 0 Å². The van der Waals surface area contributed by atoms with Gasteiger partial charge < -0.3 is 4.42 Å². The molecule has 0 unspecified atom stereocenters. The van der Waals surface area contributed by atoms with Crippen LogP contribution in [0.25, 0.3) is 88.8 Å². The second-order valence-electron chi connectivity index (χ2n) is 11.3. The average molecular weight is 576 g/mol. The summed E-state index contributed by atoms with van der Waals surface area (Å²) in [5, 5.41) is 6.82. The molecule has 0 spiro atoms. The minimum Gasteiger partial charge on any atom is -0.456 e. The van der Waals surface area contributed by atoms with Crippen molar-refractivity contribution in [3.8, 4) is 45.3 Å². The van der Waals surface area contributed by atoms with Gasteiger partial charge in [-0.2, -0.15) is 0 Å². The van der Waals surface area contributed by atoms with Gasteiger partial charge in [0.15, 0.2) is 17.5 Å². The maximum Gasteiger partial charge on any atom is 0.164 e. The van der Waals surface area contributed by atoms with Crippen LogP contribution in [0.15, 0.2) is 156 Å². The molecule has 9 aromatic rings. The predicted octanol–water partition coefficient (Wildman–Crippen LogP) is 10.7. The van der Waals surface area contributed by atoms with Crippen molar-refractivity contribution in [3.63, 3.8) is 0 Å². The monoisotopic (exact) mass is 575 g/mol. The minimum absolute atomic E-state index is 0.629. The molecule has 0 aliphatic rings. The molecule has 4 heteroatoms. The summed E-state index contributed by atoms with van der Waals surface area (Å²) in [4.78, 5) is 15.1. The van der Waals surface area contributed by atoms with Crippen molar-refractivity contribution in [2.75, 3.05) is 0 Å². The molecule has 0 fully saturated rings. The van der Waals surface area contributed by atoms with Crippen LogP contribution in [0, 0.1) is 0 Å². The molecule has 0 aliphatic heterocycles. The molecule has 0 atom stereocenters. The topological polar surface area (TPSA) is 51.8 Å².